The first-order valence-corrected chi connectivity index (χ1v) is 6.25. The molecular formula is C9H18N2OS. The van der Waals surface area contributed by atoms with Gasteiger partial charge in [0.1, 0.15) is 0 Å². The Labute approximate surface area is 82.5 Å². The third-order valence-corrected chi connectivity index (χ3v) is 4.75. The molecule has 4 heteroatoms. The van der Waals surface area contributed by atoms with Gasteiger partial charge in [0.25, 0.3) is 0 Å². The third-order valence-electron chi connectivity index (χ3n) is 3.03. The summed E-state index contributed by atoms with van der Waals surface area (Å²) in [7, 11) is -0.764. The molecule has 0 saturated carbocycles. The van der Waals surface area contributed by atoms with Gasteiger partial charge >= 0.3 is 0 Å². The minimum Gasteiger partial charge on any atom is -0.315 e. The van der Waals surface area contributed by atoms with E-state index in [4.69, 9.17) is 0 Å². The van der Waals surface area contributed by atoms with Crippen LogP contribution in [-0.4, -0.2) is 39.4 Å². The predicted octanol–water partition coefficient (Wildman–Crippen LogP) is 0.352. The maximum absolute atomic E-state index is 11.9. The van der Waals surface area contributed by atoms with Crippen molar-refractivity contribution in [2.24, 2.45) is 5.92 Å². The summed E-state index contributed by atoms with van der Waals surface area (Å²) in [5, 5.41) is 3.64. The quantitative estimate of drug-likeness (QED) is 0.701. The Balaban J connectivity index is 2.04. The van der Waals surface area contributed by atoms with Crippen molar-refractivity contribution in [2.75, 3.05) is 19.6 Å². The van der Waals surface area contributed by atoms with Gasteiger partial charge in [-0.25, -0.2) is 8.51 Å². The summed E-state index contributed by atoms with van der Waals surface area (Å²) in [6, 6.07) is 0.545. The first-order chi connectivity index (χ1) is 6.20. The molecule has 2 heterocycles. The van der Waals surface area contributed by atoms with Gasteiger partial charge in [0.05, 0.1) is 11.0 Å². The summed E-state index contributed by atoms with van der Waals surface area (Å²) in [6.45, 7) is 7.25. The number of nitrogens with one attached hydrogen (secondary N) is 1. The van der Waals surface area contributed by atoms with E-state index in [0.717, 1.165) is 25.6 Å². The van der Waals surface area contributed by atoms with Crippen LogP contribution in [0, 0.1) is 5.92 Å². The van der Waals surface area contributed by atoms with Gasteiger partial charge in [-0.15, -0.1) is 0 Å². The summed E-state index contributed by atoms with van der Waals surface area (Å²) in [5.41, 5.74) is 0. The molecule has 3 nitrogen and oxygen atoms in total. The van der Waals surface area contributed by atoms with Gasteiger partial charge in [0.2, 0.25) is 0 Å². The first-order valence-electron chi connectivity index (χ1n) is 5.08. The van der Waals surface area contributed by atoms with E-state index in [1.165, 1.54) is 6.42 Å². The molecule has 0 aromatic rings. The smallest absolute Gasteiger partial charge is 0.0971 e. The minimum atomic E-state index is -0.764. The lowest BCUT2D eigenvalue weighted by Crippen LogP contribution is -2.38. The van der Waals surface area contributed by atoms with Crippen molar-refractivity contribution < 1.29 is 4.21 Å². The van der Waals surface area contributed by atoms with E-state index in [1.54, 1.807) is 0 Å². The summed E-state index contributed by atoms with van der Waals surface area (Å²) in [6.07, 6.45) is 1.22. The molecular weight excluding hydrogens is 184 g/mol. The average Bonchev–Trinajstić information content (AvgIpc) is 2.61. The van der Waals surface area contributed by atoms with Crippen molar-refractivity contribution in [1.29, 1.82) is 0 Å². The molecule has 1 unspecified atom stereocenters. The molecule has 13 heavy (non-hydrogen) atoms. The Hall–Kier alpha value is 0.0700. The predicted molar refractivity (Wildman–Crippen MR) is 54.7 cm³/mol. The van der Waals surface area contributed by atoms with Crippen molar-refractivity contribution in [2.45, 2.75) is 31.6 Å². The summed E-state index contributed by atoms with van der Waals surface area (Å²) in [5.74, 6) is 0.752. The second kappa shape index (κ2) is 3.67. The highest BCUT2D eigenvalue weighted by molar-refractivity contribution is 7.83. The van der Waals surface area contributed by atoms with Crippen LogP contribution in [0.15, 0.2) is 0 Å². The normalized spacial score (nSPS) is 36.8. The first kappa shape index (κ1) is 9.62. The molecule has 0 radical (unpaired) electrons. The van der Waals surface area contributed by atoms with Crippen molar-refractivity contribution >= 4 is 11.0 Å². The average molecular weight is 202 g/mol. The number of hydrogen-bond acceptors (Lipinski definition) is 2. The molecule has 2 aliphatic rings. The lowest BCUT2D eigenvalue weighted by molar-refractivity contribution is 0.405. The molecule has 0 aromatic heterocycles. The van der Waals surface area contributed by atoms with E-state index in [0.29, 0.717) is 6.04 Å². The van der Waals surface area contributed by atoms with Gasteiger partial charge in [0.15, 0.2) is 0 Å². The largest absolute Gasteiger partial charge is 0.315 e. The van der Waals surface area contributed by atoms with Gasteiger partial charge in [0, 0.05) is 24.4 Å². The molecule has 2 rings (SSSR count). The second-order valence-electron chi connectivity index (χ2n) is 4.24. The van der Waals surface area contributed by atoms with Crippen LogP contribution in [0.5, 0.6) is 0 Å². The molecule has 2 aliphatic heterocycles. The Morgan fingerprint density at radius 3 is 2.92 bits per heavy atom. The number of rotatable bonds is 2. The standard InChI is InChI=1S/C9H18N2OS/c1-7(2)13(12)11-4-3-8-5-10-6-9(8)11/h7-10H,3-6H2,1-2H3/t8-,9+,13?/m1/s1. The highest BCUT2D eigenvalue weighted by Crippen LogP contribution is 2.29. The Bertz CT molecular complexity index is 220. The summed E-state index contributed by atoms with van der Waals surface area (Å²) in [4.78, 5) is 0. The van der Waals surface area contributed by atoms with E-state index in [-0.39, 0.29) is 5.25 Å². The molecule has 0 aromatic carbocycles. The molecule has 2 saturated heterocycles. The highest BCUT2D eigenvalue weighted by atomic mass is 32.2. The van der Waals surface area contributed by atoms with Crippen molar-refractivity contribution in [3.8, 4) is 0 Å². The van der Waals surface area contributed by atoms with Gasteiger partial charge < -0.3 is 5.32 Å². The van der Waals surface area contributed by atoms with Crippen LogP contribution in [0.1, 0.15) is 20.3 Å². The van der Waals surface area contributed by atoms with Crippen molar-refractivity contribution in [3.05, 3.63) is 0 Å². The van der Waals surface area contributed by atoms with Gasteiger partial charge in [-0.1, -0.05) is 0 Å². The summed E-state index contributed by atoms with van der Waals surface area (Å²) < 4.78 is 14.1. The van der Waals surface area contributed by atoms with Crippen molar-refractivity contribution in [3.63, 3.8) is 0 Å². The Kier molecular flexibility index (Phi) is 2.72. The topological polar surface area (TPSA) is 32.3 Å². The maximum Gasteiger partial charge on any atom is 0.0971 e. The molecule has 1 N–H and O–H groups in total. The lowest BCUT2D eigenvalue weighted by atomic mass is 10.1. The number of fused-ring (bicyclic) bond motifs is 1. The Morgan fingerprint density at radius 1 is 1.46 bits per heavy atom. The molecule has 0 amide bonds. The van der Waals surface area contributed by atoms with Crippen LogP contribution >= 0.6 is 0 Å². The molecule has 76 valence electrons. The maximum atomic E-state index is 11.9. The summed E-state index contributed by atoms with van der Waals surface area (Å²) >= 11 is 0. The van der Waals surface area contributed by atoms with E-state index in [1.807, 2.05) is 13.8 Å². The number of hydrogen-bond donors (Lipinski definition) is 1. The molecule has 3 atom stereocenters. The molecule has 2 fully saturated rings. The zero-order valence-corrected chi connectivity index (χ0v) is 9.14. The van der Waals surface area contributed by atoms with Crippen LogP contribution in [0.4, 0.5) is 0 Å². The van der Waals surface area contributed by atoms with E-state index >= 15 is 0 Å². The van der Waals surface area contributed by atoms with E-state index in [9.17, 15) is 4.21 Å². The zero-order valence-electron chi connectivity index (χ0n) is 8.32. The van der Waals surface area contributed by atoms with Crippen LogP contribution < -0.4 is 5.32 Å². The molecule has 0 spiro atoms. The van der Waals surface area contributed by atoms with E-state index in [2.05, 4.69) is 9.62 Å². The van der Waals surface area contributed by atoms with Crippen LogP contribution in [0.25, 0.3) is 0 Å². The zero-order chi connectivity index (χ0) is 9.42. The second-order valence-corrected chi connectivity index (χ2v) is 6.20. The van der Waals surface area contributed by atoms with E-state index < -0.39 is 11.0 Å². The fraction of sp³-hybridized carbons (Fsp3) is 1.00. The lowest BCUT2D eigenvalue weighted by Gasteiger charge is -2.23. The minimum absolute atomic E-state index is 0.263. The monoisotopic (exact) mass is 202 g/mol. The third kappa shape index (κ3) is 1.67. The number of nitrogens with zero attached hydrogens (tertiary/aromatic N) is 1. The molecule has 0 aliphatic carbocycles. The van der Waals surface area contributed by atoms with Gasteiger partial charge in [-0.2, -0.15) is 0 Å². The fourth-order valence-electron chi connectivity index (χ4n) is 2.30. The van der Waals surface area contributed by atoms with Crippen LogP contribution in [0.2, 0.25) is 0 Å². The van der Waals surface area contributed by atoms with Gasteiger partial charge in [-0.3, -0.25) is 0 Å². The van der Waals surface area contributed by atoms with Crippen LogP contribution in [-0.2, 0) is 11.0 Å². The van der Waals surface area contributed by atoms with Crippen LogP contribution in [0.3, 0.4) is 0 Å². The highest BCUT2D eigenvalue weighted by Gasteiger charge is 2.40. The SMILES string of the molecule is CC(C)S(=O)N1CC[C@@H]2CNC[C@@H]21. The molecule has 0 bridgehead atoms. The fourth-order valence-corrected chi connectivity index (χ4v) is 3.64. The van der Waals surface area contributed by atoms with Crippen molar-refractivity contribution in [1.82, 2.24) is 9.62 Å². The Morgan fingerprint density at radius 2 is 2.23 bits per heavy atom. The van der Waals surface area contributed by atoms with Gasteiger partial charge in [-0.05, 0) is 32.7 Å².